The van der Waals surface area contributed by atoms with Crippen molar-refractivity contribution >= 4 is 17.3 Å². The molecule has 2 N–H and O–H groups in total. The Morgan fingerprint density at radius 3 is 2.04 bits per heavy atom. The number of halogens is 1. The molecular weight excluding hydrogens is 310 g/mol. The summed E-state index contributed by atoms with van der Waals surface area (Å²) in [6.07, 6.45) is -0.640. The Balaban J connectivity index is 2.12. The van der Waals surface area contributed by atoms with Gasteiger partial charge in [0.2, 0.25) is 0 Å². The van der Waals surface area contributed by atoms with E-state index in [-0.39, 0.29) is 17.9 Å². The molecule has 0 aromatic heterocycles. The number of rotatable bonds is 7. The molecule has 1 unspecified atom stereocenters. The predicted molar refractivity (Wildman–Crippen MR) is 96.8 cm³/mol. The summed E-state index contributed by atoms with van der Waals surface area (Å²) in [4.78, 5) is 0. The summed E-state index contributed by atoms with van der Waals surface area (Å²) < 4.78 is 5.52. The molecule has 0 heterocycles. The van der Waals surface area contributed by atoms with Crippen molar-refractivity contribution in [2.24, 2.45) is 0 Å². The van der Waals surface area contributed by atoms with Gasteiger partial charge in [0.1, 0.15) is 18.5 Å². The van der Waals surface area contributed by atoms with Gasteiger partial charge >= 0.3 is 0 Å². The minimum atomic E-state index is -0.640. The Hall–Kier alpha value is -1.71. The van der Waals surface area contributed by atoms with E-state index in [9.17, 15) is 5.11 Å². The number of anilines is 1. The van der Waals surface area contributed by atoms with Crippen LogP contribution in [-0.4, -0.2) is 30.7 Å². The third kappa shape index (κ3) is 4.40. The average Bonchev–Trinajstić information content (AvgIpc) is 2.60. The molecule has 2 aromatic rings. The number of hydrogen-bond acceptors (Lipinski definition) is 3. The monoisotopic (exact) mass is 333 g/mol. The molecule has 0 fully saturated rings. The standard InChI is InChI=1S/C19H24ClNO2/c1-19(2,14-4-8-16(21-3)9-5-14)15-6-10-18(11-7-15)23-13-17(22)12-20/h4-11,17,21-22H,12-13H2,1-3H3. The maximum absolute atomic E-state index is 9.43. The first-order valence-corrected chi connectivity index (χ1v) is 8.26. The molecule has 0 bridgehead atoms. The van der Waals surface area contributed by atoms with Crippen LogP contribution in [0.5, 0.6) is 5.75 Å². The van der Waals surface area contributed by atoms with E-state index in [1.807, 2.05) is 19.2 Å². The quantitative estimate of drug-likeness (QED) is 0.752. The molecule has 0 aliphatic heterocycles. The van der Waals surface area contributed by atoms with Gasteiger partial charge in [0.15, 0.2) is 0 Å². The van der Waals surface area contributed by atoms with Crippen molar-refractivity contribution in [1.82, 2.24) is 0 Å². The molecule has 0 radical (unpaired) electrons. The molecule has 2 aromatic carbocycles. The second-order valence-electron chi connectivity index (χ2n) is 6.10. The van der Waals surface area contributed by atoms with Crippen molar-refractivity contribution < 1.29 is 9.84 Å². The van der Waals surface area contributed by atoms with Crippen LogP contribution in [0.3, 0.4) is 0 Å². The fraction of sp³-hybridized carbons (Fsp3) is 0.368. The largest absolute Gasteiger partial charge is 0.491 e. The second kappa shape index (κ2) is 7.71. The van der Waals surface area contributed by atoms with Crippen molar-refractivity contribution in [2.45, 2.75) is 25.4 Å². The van der Waals surface area contributed by atoms with E-state index in [0.717, 1.165) is 11.4 Å². The minimum absolute atomic E-state index is 0.0968. The first kappa shape index (κ1) is 17.6. The zero-order valence-corrected chi connectivity index (χ0v) is 14.6. The summed E-state index contributed by atoms with van der Waals surface area (Å²) >= 11 is 5.56. The summed E-state index contributed by atoms with van der Waals surface area (Å²) in [5, 5.41) is 12.6. The molecule has 0 spiro atoms. The Kier molecular flexibility index (Phi) is 5.91. The highest BCUT2D eigenvalue weighted by Gasteiger charge is 2.23. The topological polar surface area (TPSA) is 41.5 Å². The Morgan fingerprint density at radius 1 is 1.04 bits per heavy atom. The van der Waals surface area contributed by atoms with Gasteiger partial charge in [-0.1, -0.05) is 38.1 Å². The van der Waals surface area contributed by atoms with E-state index >= 15 is 0 Å². The van der Waals surface area contributed by atoms with Crippen LogP contribution in [0.1, 0.15) is 25.0 Å². The lowest BCUT2D eigenvalue weighted by Gasteiger charge is -2.26. The fourth-order valence-electron chi connectivity index (χ4n) is 2.43. The summed E-state index contributed by atoms with van der Waals surface area (Å²) in [6, 6.07) is 16.5. The lowest BCUT2D eigenvalue weighted by atomic mass is 9.78. The molecule has 0 aliphatic carbocycles. The summed E-state index contributed by atoms with van der Waals surface area (Å²) in [7, 11) is 1.92. The normalized spacial score (nSPS) is 12.7. The zero-order valence-electron chi connectivity index (χ0n) is 13.8. The van der Waals surface area contributed by atoms with Gasteiger partial charge in [-0.25, -0.2) is 0 Å². The van der Waals surface area contributed by atoms with E-state index in [1.165, 1.54) is 11.1 Å². The fourth-order valence-corrected chi connectivity index (χ4v) is 2.51. The number of aliphatic hydroxyl groups is 1. The number of alkyl halides is 1. The number of nitrogens with one attached hydrogen (secondary N) is 1. The molecule has 0 saturated carbocycles. The third-order valence-corrected chi connectivity index (χ3v) is 4.45. The van der Waals surface area contributed by atoms with Crippen molar-refractivity contribution in [3.8, 4) is 5.75 Å². The highest BCUT2D eigenvalue weighted by molar-refractivity contribution is 6.18. The molecule has 0 amide bonds. The van der Waals surface area contributed by atoms with Gasteiger partial charge in [0.25, 0.3) is 0 Å². The number of benzene rings is 2. The smallest absolute Gasteiger partial charge is 0.119 e. The first-order valence-electron chi connectivity index (χ1n) is 7.73. The third-order valence-electron chi connectivity index (χ3n) is 4.09. The summed E-state index contributed by atoms with van der Waals surface area (Å²) in [5.41, 5.74) is 3.47. The van der Waals surface area contributed by atoms with Gasteiger partial charge < -0.3 is 15.2 Å². The first-order chi connectivity index (χ1) is 11.0. The molecule has 1 atom stereocenters. The Bertz CT molecular complexity index is 608. The summed E-state index contributed by atoms with van der Waals surface area (Å²) in [5.74, 6) is 0.910. The van der Waals surface area contributed by atoms with Crippen LogP contribution in [0, 0.1) is 0 Å². The molecule has 23 heavy (non-hydrogen) atoms. The average molecular weight is 334 g/mol. The van der Waals surface area contributed by atoms with E-state index in [2.05, 4.69) is 55.6 Å². The van der Waals surface area contributed by atoms with E-state index in [4.69, 9.17) is 16.3 Å². The van der Waals surface area contributed by atoms with Crippen molar-refractivity contribution in [3.05, 3.63) is 59.7 Å². The van der Waals surface area contributed by atoms with Crippen LogP contribution < -0.4 is 10.1 Å². The number of hydrogen-bond donors (Lipinski definition) is 2. The lowest BCUT2D eigenvalue weighted by Crippen LogP contribution is -2.20. The lowest BCUT2D eigenvalue weighted by molar-refractivity contribution is 0.125. The maximum atomic E-state index is 9.43. The van der Waals surface area contributed by atoms with E-state index in [0.29, 0.717) is 0 Å². The SMILES string of the molecule is CNc1ccc(C(C)(C)c2ccc(OCC(O)CCl)cc2)cc1. The van der Waals surface area contributed by atoms with E-state index < -0.39 is 6.10 Å². The van der Waals surface area contributed by atoms with Crippen LogP contribution in [-0.2, 0) is 5.41 Å². The number of aliphatic hydroxyl groups excluding tert-OH is 1. The van der Waals surface area contributed by atoms with Gasteiger partial charge in [-0.2, -0.15) is 0 Å². The van der Waals surface area contributed by atoms with Gasteiger partial charge in [-0.05, 0) is 35.4 Å². The molecule has 3 nitrogen and oxygen atoms in total. The van der Waals surface area contributed by atoms with Crippen molar-refractivity contribution in [1.29, 1.82) is 0 Å². The van der Waals surface area contributed by atoms with Crippen LogP contribution >= 0.6 is 11.6 Å². The molecule has 2 rings (SSSR count). The maximum Gasteiger partial charge on any atom is 0.119 e. The Morgan fingerprint density at radius 2 is 1.57 bits per heavy atom. The molecule has 4 heteroatoms. The highest BCUT2D eigenvalue weighted by Crippen LogP contribution is 2.33. The molecule has 124 valence electrons. The zero-order chi connectivity index (χ0) is 16.9. The van der Waals surface area contributed by atoms with Crippen LogP contribution in [0.25, 0.3) is 0 Å². The molecular formula is C19H24ClNO2. The summed E-state index contributed by atoms with van der Waals surface area (Å²) in [6.45, 7) is 4.61. The van der Waals surface area contributed by atoms with Gasteiger partial charge in [-0.15, -0.1) is 11.6 Å². The second-order valence-corrected chi connectivity index (χ2v) is 6.40. The van der Waals surface area contributed by atoms with Gasteiger partial charge in [0, 0.05) is 18.2 Å². The number of ether oxygens (including phenoxy) is 1. The molecule has 0 saturated heterocycles. The minimum Gasteiger partial charge on any atom is -0.491 e. The van der Waals surface area contributed by atoms with Gasteiger partial charge in [-0.3, -0.25) is 0 Å². The molecule has 0 aliphatic rings. The highest BCUT2D eigenvalue weighted by atomic mass is 35.5. The van der Waals surface area contributed by atoms with Gasteiger partial charge in [0.05, 0.1) is 5.88 Å². The Labute approximate surface area is 143 Å². The predicted octanol–water partition coefficient (Wildman–Crippen LogP) is 4.03. The van der Waals surface area contributed by atoms with Crippen molar-refractivity contribution in [3.63, 3.8) is 0 Å². The van der Waals surface area contributed by atoms with Crippen LogP contribution in [0.2, 0.25) is 0 Å². The van der Waals surface area contributed by atoms with E-state index in [1.54, 1.807) is 0 Å². The van der Waals surface area contributed by atoms with Crippen LogP contribution in [0.4, 0.5) is 5.69 Å². The van der Waals surface area contributed by atoms with Crippen molar-refractivity contribution in [2.75, 3.05) is 24.9 Å². The van der Waals surface area contributed by atoms with Crippen LogP contribution in [0.15, 0.2) is 48.5 Å².